The van der Waals surface area contributed by atoms with Gasteiger partial charge in [0.2, 0.25) is 0 Å². The molecule has 3 nitrogen and oxygen atoms in total. The monoisotopic (exact) mass is 381 g/mol. The second kappa shape index (κ2) is 6.66. The van der Waals surface area contributed by atoms with Gasteiger partial charge in [0.05, 0.1) is 5.02 Å². The van der Waals surface area contributed by atoms with E-state index < -0.39 is 0 Å². The predicted octanol–water partition coefficient (Wildman–Crippen LogP) is 5.09. The Morgan fingerprint density at radius 3 is 2.40 bits per heavy atom. The molecule has 5 rings (SSSR count). The highest BCUT2D eigenvalue weighted by Gasteiger charge is 2.53. The minimum absolute atomic E-state index is 0.0310. The molecule has 5 heteroatoms. The summed E-state index contributed by atoms with van der Waals surface area (Å²) in [6.45, 7) is 2.15. The van der Waals surface area contributed by atoms with Crippen molar-refractivity contribution in [3.05, 3.63) is 28.2 Å². The Balaban J connectivity index is 1.35. The van der Waals surface area contributed by atoms with Crippen molar-refractivity contribution in [3.63, 3.8) is 0 Å². The van der Waals surface area contributed by atoms with Crippen LogP contribution in [0, 0.1) is 23.2 Å². The van der Waals surface area contributed by atoms with Crippen LogP contribution >= 0.6 is 23.2 Å². The summed E-state index contributed by atoms with van der Waals surface area (Å²) in [6.07, 6.45) is 8.08. The van der Waals surface area contributed by atoms with Crippen molar-refractivity contribution < 1.29 is 9.53 Å². The highest BCUT2D eigenvalue weighted by Crippen LogP contribution is 2.61. The highest BCUT2D eigenvalue weighted by atomic mass is 35.5. The lowest BCUT2D eigenvalue weighted by atomic mass is 9.48. The van der Waals surface area contributed by atoms with Crippen molar-refractivity contribution in [1.29, 1.82) is 0 Å². The molecule has 136 valence electrons. The van der Waals surface area contributed by atoms with Crippen molar-refractivity contribution in [2.75, 3.05) is 6.61 Å². The molecule has 1 aromatic rings. The van der Waals surface area contributed by atoms with Gasteiger partial charge < -0.3 is 10.1 Å². The van der Waals surface area contributed by atoms with Gasteiger partial charge in [0.25, 0.3) is 5.91 Å². The lowest BCUT2D eigenvalue weighted by molar-refractivity contribution is -0.127. The highest BCUT2D eigenvalue weighted by molar-refractivity contribution is 6.34. The average Bonchev–Trinajstić information content (AvgIpc) is 2.54. The standard InChI is InChI=1S/C20H25Cl2NO2/c1-12(20-8-13-4-14(9-20)6-15(5-13)10-20)23-19(24)11-25-18-7-16(21)2-3-17(18)22/h2-3,7,12-15H,4-6,8-11H2,1H3,(H,23,24)/t12-,13?,14?,15?,20?/m1/s1. The normalized spacial score (nSPS) is 34.0. The van der Waals surface area contributed by atoms with E-state index in [1.165, 1.54) is 38.5 Å². The lowest BCUT2D eigenvalue weighted by Crippen LogP contribution is -2.56. The van der Waals surface area contributed by atoms with E-state index in [9.17, 15) is 4.79 Å². The number of carbonyl (C=O) groups is 1. The Labute approximate surface area is 159 Å². The Morgan fingerprint density at radius 1 is 1.20 bits per heavy atom. The molecule has 1 amide bonds. The van der Waals surface area contributed by atoms with E-state index >= 15 is 0 Å². The summed E-state index contributed by atoms with van der Waals surface area (Å²) < 4.78 is 5.57. The van der Waals surface area contributed by atoms with Crippen LogP contribution in [0.4, 0.5) is 0 Å². The zero-order valence-electron chi connectivity index (χ0n) is 14.6. The molecule has 1 N–H and O–H groups in total. The number of hydrogen-bond acceptors (Lipinski definition) is 2. The predicted molar refractivity (Wildman–Crippen MR) is 100 cm³/mol. The molecule has 1 aromatic carbocycles. The summed E-state index contributed by atoms with van der Waals surface area (Å²) in [6, 6.07) is 5.22. The molecule has 25 heavy (non-hydrogen) atoms. The van der Waals surface area contributed by atoms with Gasteiger partial charge >= 0.3 is 0 Å². The number of carbonyl (C=O) groups excluding carboxylic acids is 1. The van der Waals surface area contributed by atoms with Crippen LogP contribution in [0.2, 0.25) is 10.0 Å². The molecule has 4 aliphatic rings. The van der Waals surface area contributed by atoms with Gasteiger partial charge in [-0.25, -0.2) is 0 Å². The minimum atomic E-state index is -0.0840. The van der Waals surface area contributed by atoms with Gasteiger partial charge in [-0.3, -0.25) is 4.79 Å². The number of halogens is 2. The number of benzene rings is 1. The van der Waals surface area contributed by atoms with Crippen LogP contribution in [0.1, 0.15) is 45.4 Å². The van der Waals surface area contributed by atoms with E-state index in [2.05, 4.69) is 12.2 Å². The van der Waals surface area contributed by atoms with Gasteiger partial charge in [0, 0.05) is 17.1 Å². The van der Waals surface area contributed by atoms with Crippen molar-refractivity contribution in [2.45, 2.75) is 51.5 Å². The molecule has 4 bridgehead atoms. The van der Waals surface area contributed by atoms with Gasteiger partial charge in [0.1, 0.15) is 5.75 Å². The molecular weight excluding hydrogens is 357 g/mol. The molecule has 0 spiro atoms. The van der Waals surface area contributed by atoms with Crippen molar-refractivity contribution >= 4 is 29.1 Å². The molecule has 0 unspecified atom stereocenters. The fourth-order valence-corrected chi connectivity index (χ4v) is 6.21. The molecule has 4 aliphatic carbocycles. The Morgan fingerprint density at radius 2 is 1.80 bits per heavy atom. The number of amides is 1. The number of nitrogens with one attached hydrogen (secondary N) is 1. The first-order chi connectivity index (χ1) is 11.9. The third-order valence-corrected chi connectivity index (χ3v) is 7.18. The van der Waals surface area contributed by atoms with Crippen LogP contribution < -0.4 is 10.1 Å². The van der Waals surface area contributed by atoms with Crippen molar-refractivity contribution in [1.82, 2.24) is 5.32 Å². The van der Waals surface area contributed by atoms with Gasteiger partial charge in [-0.1, -0.05) is 23.2 Å². The Hall–Kier alpha value is -0.930. The van der Waals surface area contributed by atoms with Crippen LogP contribution in [0.5, 0.6) is 5.75 Å². The van der Waals surface area contributed by atoms with Gasteiger partial charge in [-0.05, 0) is 80.8 Å². The van der Waals surface area contributed by atoms with E-state index in [1.54, 1.807) is 18.2 Å². The molecule has 0 aliphatic heterocycles. The summed E-state index contributed by atoms with van der Waals surface area (Å²) in [4.78, 5) is 12.4. The molecule has 0 heterocycles. The molecule has 0 saturated heterocycles. The average molecular weight is 382 g/mol. The van der Waals surface area contributed by atoms with E-state index in [0.29, 0.717) is 21.2 Å². The van der Waals surface area contributed by atoms with Crippen LogP contribution in [0.3, 0.4) is 0 Å². The van der Waals surface area contributed by atoms with Crippen LogP contribution in [-0.2, 0) is 4.79 Å². The Kier molecular flexibility index (Phi) is 4.66. The number of rotatable bonds is 5. The van der Waals surface area contributed by atoms with Crippen molar-refractivity contribution in [2.24, 2.45) is 23.2 Å². The second-order valence-corrected chi connectivity index (χ2v) is 9.28. The zero-order chi connectivity index (χ0) is 17.6. The number of ether oxygens (including phenoxy) is 1. The maximum atomic E-state index is 12.4. The molecule has 0 aromatic heterocycles. The van der Waals surface area contributed by atoms with E-state index in [0.717, 1.165) is 17.8 Å². The maximum Gasteiger partial charge on any atom is 0.258 e. The first-order valence-electron chi connectivity index (χ1n) is 9.31. The van der Waals surface area contributed by atoms with E-state index in [4.69, 9.17) is 27.9 Å². The SMILES string of the molecule is C[C@@H](NC(=O)COc1cc(Cl)ccc1Cl)C12CC3CC(CC(C3)C1)C2. The molecule has 4 fully saturated rings. The third-order valence-electron chi connectivity index (χ3n) is 6.63. The third kappa shape index (κ3) is 3.50. The summed E-state index contributed by atoms with van der Waals surface area (Å²) in [5.74, 6) is 3.01. The fraction of sp³-hybridized carbons (Fsp3) is 0.650. The van der Waals surface area contributed by atoms with E-state index in [-0.39, 0.29) is 18.6 Å². The summed E-state index contributed by atoms with van der Waals surface area (Å²) >= 11 is 12.0. The van der Waals surface area contributed by atoms with Gasteiger partial charge in [0.15, 0.2) is 6.61 Å². The smallest absolute Gasteiger partial charge is 0.258 e. The van der Waals surface area contributed by atoms with Gasteiger partial charge in [-0.2, -0.15) is 0 Å². The first-order valence-corrected chi connectivity index (χ1v) is 10.1. The molecule has 4 saturated carbocycles. The van der Waals surface area contributed by atoms with Gasteiger partial charge in [-0.15, -0.1) is 0 Å². The summed E-state index contributed by atoms with van der Waals surface area (Å²) in [5.41, 5.74) is 0.304. The van der Waals surface area contributed by atoms with E-state index in [1.807, 2.05) is 0 Å². The summed E-state index contributed by atoms with van der Waals surface area (Å²) in [5, 5.41) is 4.21. The summed E-state index contributed by atoms with van der Waals surface area (Å²) in [7, 11) is 0. The zero-order valence-corrected chi connectivity index (χ0v) is 16.1. The molecule has 0 radical (unpaired) electrons. The van der Waals surface area contributed by atoms with Crippen LogP contribution in [0.15, 0.2) is 18.2 Å². The second-order valence-electron chi connectivity index (χ2n) is 8.43. The number of hydrogen-bond donors (Lipinski definition) is 1. The quantitative estimate of drug-likeness (QED) is 0.770. The minimum Gasteiger partial charge on any atom is -0.482 e. The Bertz CT molecular complexity index is 640. The lowest BCUT2D eigenvalue weighted by Gasteiger charge is -2.59. The largest absolute Gasteiger partial charge is 0.482 e. The van der Waals surface area contributed by atoms with Crippen molar-refractivity contribution in [3.8, 4) is 5.75 Å². The van der Waals surface area contributed by atoms with Crippen LogP contribution in [-0.4, -0.2) is 18.6 Å². The maximum absolute atomic E-state index is 12.4. The molecular formula is C20H25Cl2NO2. The topological polar surface area (TPSA) is 38.3 Å². The first kappa shape index (κ1) is 17.5. The van der Waals surface area contributed by atoms with Crippen LogP contribution in [0.25, 0.3) is 0 Å². The molecule has 1 atom stereocenters. The fourth-order valence-electron chi connectivity index (χ4n) is 5.88.